The minimum atomic E-state index is 0.384. The Morgan fingerprint density at radius 3 is 2.33 bits per heavy atom. The number of amides is 1. The minimum absolute atomic E-state index is 0.384. The number of hydrogen-bond acceptors (Lipinski definition) is 2. The molecule has 4 bridgehead atoms. The van der Waals surface area contributed by atoms with Gasteiger partial charge in [0.15, 0.2) is 0 Å². The first kappa shape index (κ1) is 14.0. The molecular formula is C18H30N2O. The molecule has 5 fully saturated rings. The number of hydrogen-bond donors (Lipinski definition) is 1. The summed E-state index contributed by atoms with van der Waals surface area (Å²) in [5.74, 6) is 4.93. The van der Waals surface area contributed by atoms with Crippen LogP contribution in [0.2, 0.25) is 0 Å². The molecule has 1 atom stereocenters. The van der Waals surface area contributed by atoms with Crippen LogP contribution in [0, 0.1) is 35.5 Å². The lowest BCUT2D eigenvalue weighted by molar-refractivity contribution is -0.151. The maximum atomic E-state index is 13.1. The Morgan fingerprint density at radius 1 is 1.05 bits per heavy atom. The minimum Gasteiger partial charge on any atom is -0.342 e. The van der Waals surface area contributed by atoms with E-state index in [0.717, 1.165) is 49.7 Å². The van der Waals surface area contributed by atoms with E-state index in [0.29, 0.717) is 17.7 Å². The predicted octanol–water partition coefficient (Wildman–Crippen LogP) is 2.65. The Bertz CT molecular complexity index is 378. The first-order valence-corrected chi connectivity index (χ1v) is 9.23. The molecule has 3 nitrogen and oxygen atoms in total. The fourth-order valence-electron chi connectivity index (χ4n) is 6.28. The monoisotopic (exact) mass is 290 g/mol. The summed E-state index contributed by atoms with van der Waals surface area (Å²) in [7, 11) is 0. The van der Waals surface area contributed by atoms with E-state index in [-0.39, 0.29) is 0 Å². The first-order chi connectivity index (χ1) is 10.2. The van der Waals surface area contributed by atoms with E-state index in [1.807, 2.05) is 0 Å². The Balaban J connectivity index is 1.45. The molecule has 5 rings (SSSR count). The molecule has 2 N–H and O–H groups in total. The van der Waals surface area contributed by atoms with Crippen LogP contribution >= 0.6 is 0 Å². The second-order valence-corrected chi connectivity index (χ2v) is 8.33. The van der Waals surface area contributed by atoms with Gasteiger partial charge >= 0.3 is 0 Å². The summed E-state index contributed by atoms with van der Waals surface area (Å²) >= 11 is 0. The fraction of sp³-hybridized carbons (Fsp3) is 0.944. The van der Waals surface area contributed by atoms with Gasteiger partial charge in [-0.3, -0.25) is 4.79 Å². The van der Waals surface area contributed by atoms with E-state index in [1.54, 1.807) is 0 Å². The van der Waals surface area contributed by atoms with Crippen LogP contribution in [0.4, 0.5) is 0 Å². The van der Waals surface area contributed by atoms with Crippen molar-refractivity contribution < 1.29 is 4.79 Å². The van der Waals surface area contributed by atoms with Crippen molar-refractivity contribution in [3.05, 3.63) is 0 Å². The first-order valence-electron chi connectivity index (χ1n) is 9.23. The maximum absolute atomic E-state index is 13.1. The molecule has 5 aliphatic rings. The quantitative estimate of drug-likeness (QED) is 0.868. The highest BCUT2D eigenvalue weighted by molar-refractivity contribution is 5.80. The standard InChI is InChI=1S/C18H30N2O/c19-4-3-12-2-1-5-20(11-12)18(21)17-15-7-13-6-14(9-15)10-16(17)8-13/h12-17H,1-11,19H2. The van der Waals surface area contributed by atoms with Gasteiger partial charge in [-0.15, -0.1) is 0 Å². The Morgan fingerprint density at radius 2 is 1.71 bits per heavy atom. The average Bonchev–Trinajstić information content (AvgIpc) is 2.46. The van der Waals surface area contributed by atoms with Gasteiger partial charge in [0.2, 0.25) is 5.91 Å². The smallest absolute Gasteiger partial charge is 0.226 e. The highest BCUT2D eigenvalue weighted by atomic mass is 16.2. The Hall–Kier alpha value is -0.570. The van der Waals surface area contributed by atoms with Crippen molar-refractivity contribution in [2.75, 3.05) is 19.6 Å². The molecule has 118 valence electrons. The third-order valence-electron chi connectivity index (χ3n) is 6.92. The van der Waals surface area contributed by atoms with Crippen molar-refractivity contribution in [1.82, 2.24) is 4.90 Å². The van der Waals surface area contributed by atoms with E-state index >= 15 is 0 Å². The van der Waals surface area contributed by atoms with E-state index in [4.69, 9.17) is 5.73 Å². The molecule has 1 unspecified atom stereocenters. The molecule has 1 heterocycles. The SMILES string of the molecule is NCCC1CCCN(C(=O)C2C3CC4CC(C3)CC2C4)C1. The lowest BCUT2D eigenvalue weighted by Crippen LogP contribution is -2.53. The lowest BCUT2D eigenvalue weighted by atomic mass is 9.51. The van der Waals surface area contributed by atoms with Crippen LogP contribution in [-0.2, 0) is 4.79 Å². The number of piperidine rings is 1. The van der Waals surface area contributed by atoms with Gasteiger partial charge in [-0.25, -0.2) is 0 Å². The van der Waals surface area contributed by atoms with Crippen molar-refractivity contribution in [2.45, 2.75) is 51.4 Å². The maximum Gasteiger partial charge on any atom is 0.226 e. The van der Waals surface area contributed by atoms with Crippen LogP contribution in [0.1, 0.15) is 51.4 Å². The number of nitrogens with two attached hydrogens (primary N) is 1. The van der Waals surface area contributed by atoms with Crippen LogP contribution < -0.4 is 5.73 Å². The number of carbonyl (C=O) groups excluding carboxylic acids is 1. The van der Waals surface area contributed by atoms with Crippen LogP contribution in [-0.4, -0.2) is 30.4 Å². The van der Waals surface area contributed by atoms with E-state index in [1.165, 1.54) is 44.9 Å². The molecule has 0 aromatic rings. The van der Waals surface area contributed by atoms with E-state index < -0.39 is 0 Å². The van der Waals surface area contributed by atoms with Crippen LogP contribution in [0.25, 0.3) is 0 Å². The summed E-state index contributed by atoms with van der Waals surface area (Å²) in [6.07, 6.45) is 10.4. The van der Waals surface area contributed by atoms with Gasteiger partial charge < -0.3 is 10.6 Å². The number of nitrogens with zero attached hydrogens (tertiary/aromatic N) is 1. The molecule has 4 saturated carbocycles. The summed E-state index contributed by atoms with van der Waals surface area (Å²) in [6.45, 7) is 2.76. The van der Waals surface area contributed by atoms with Gasteiger partial charge in [0, 0.05) is 19.0 Å². The second kappa shape index (κ2) is 5.57. The summed E-state index contributed by atoms with van der Waals surface area (Å²) < 4.78 is 0. The zero-order valence-electron chi connectivity index (χ0n) is 13.2. The molecule has 4 aliphatic carbocycles. The van der Waals surface area contributed by atoms with Crippen molar-refractivity contribution >= 4 is 5.91 Å². The van der Waals surface area contributed by atoms with Crippen molar-refractivity contribution in [3.8, 4) is 0 Å². The Kier molecular flexibility index (Phi) is 3.72. The van der Waals surface area contributed by atoms with Gasteiger partial charge in [0.1, 0.15) is 0 Å². The average molecular weight is 290 g/mol. The molecule has 1 amide bonds. The number of likely N-dealkylation sites (tertiary alicyclic amines) is 1. The predicted molar refractivity (Wildman–Crippen MR) is 83.5 cm³/mol. The largest absolute Gasteiger partial charge is 0.342 e. The molecule has 0 aromatic heterocycles. The summed E-state index contributed by atoms with van der Waals surface area (Å²) in [5.41, 5.74) is 5.72. The second-order valence-electron chi connectivity index (χ2n) is 8.33. The van der Waals surface area contributed by atoms with Crippen LogP contribution in [0.15, 0.2) is 0 Å². The molecular weight excluding hydrogens is 260 g/mol. The van der Waals surface area contributed by atoms with Gasteiger partial charge in [-0.1, -0.05) is 0 Å². The van der Waals surface area contributed by atoms with Gasteiger partial charge in [-0.05, 0) is 87.5 Å². The molecule has 1 saturated heterocycles. The summed E-state index contributed by atoms with van der Waals surface area (Å²) in [6, 6.07) is 0. The van der Waals surface area contributed by atoms with Crippen LogP contribution in [0.5, 0.6) is 0 Å². The third-order valence-corrected chi connectivity index (χ3v) is 6.92. The van der Waals surface area contributed by atoms with E-state index in [9.17, 15) is 4.79 Å². The fourth-order valence-corrected chi connectivity index (χ4v) is 6.28. The van der Waals surface area contributed by atoms with Crippen molar-refractivity contribution in [3.63, 3.8) is 0 Å². The highest BCUT2D eigenvalue weighted by Gasteiger charge is 2.51. The normalized spacial score (nSPS) is 45.1. The van der Waals surface area contributed by atoms with Crippen molar-refractivity contribution in [1.29, 1.82) is 0 Å². The number of rotatable bonds is 3. The highest BCUT2D eigenvalue weighted by Crippen LogP contribution is 2.57. The molecule has 0 radical (unpaired) electrons. The topological polar surface area (TPSA) is 46.3 Å². The molecule has 3 heteroatoms. The van der Waals surface area contributed by atoms with Gasteiger partial charge in [0.05, 0.1) is 0 Å². The van der Waals surface area contributed by atoms with Gasteiger partial charge in [-0.2, -0.15) is 0 Å². The summed E-state index contributed by atoms with van der Waals surface area (Å²) in [4.78, 5) is 15.4. The molecule has 0 aromatic carbocycles. The van der Waals surface area contributed by atoms with E-state index in [2.05, 4.69) is 4.90 Å². The zero-order valence-corrected chi connectivity index (χ0v) is 13.2. The summed E-state index contributed by atoms with van der Waals surface area (Å²) in [5, 5.41) is 0. The molecule has 1 aliphatic heterocycles. The zero-order chi connectivity index (χ0) is 14.4. The number of carbonyl (C=O) groups is 1. The lowest BCUT2D eigenvalue weighted by Gasteiger charge is -2.54. The van der Waals surface area contributed by atoms with Crippen LogP contribution in [0.3, 0.4) is 0 Å². The molecule has 21 heavy (non-hydrogen) atoms. The van der Waals surface area contributed by atoms with Crippen molar-refractivity contribution in [2.24, 2.45) is 41.2 Å². The Labute approximate surface area is 128 Å². The molecule has 0 spiro atoms. The van der Waals surface area contributed by atoms with Gasteiger partial charge in [0.25, 0.3) is 0 Å². The third kappa shape index (κ3) is 2.52.